The van der Waals surface area contributed by atoms with Crippen LogP contribution in [0.25, 0.3) is 0 Å². The van der Waals surface area contributed by atoms with Gasteiger partial charge < -0.3 is 9.84 Å². The molecule has 0 aromatic heterocycles. The predicted octanol–water partition coefficient (Wildman–Crippen LogP) is 3.79. The van der Waals surface area contributed by atoms with Gasteiger partial charge in [0.25, 0.3) is 5.91 Å². The lowest BCUT2D eigenvalue weighted by Gasteiger charge is -2.32. The van der Waals surface area contributed by atoms with E-state index < -0.39 is 18.1 Å². The van der Waals surface area contributed by atoms with Crippen LogP contribution in [0.1, 0.15) is 30.9 Å². The molecule has 2 unspecified atom stereocenters. The number of halogens is 1. The molecule has 2 aliphatic heterocycles. The average molecular weight is 427 g/mol. The summed E-state index contributed by atoms with van der Waals surface area (Å²) in [6.45, 7) is 2.66. The van der Waals surface area contributed by atoms with Gasteiger partial charge in [0, 0.05) is 29.4 Å². The topological polar surface area (TPSA) is 79.2 Å². The molecule has 7 heteroatoms. The molecule has 1 amide bonds. The summed E-state index contributed by atoms with van der Waals surface area (Å²) in [4.78, 5) is 31.9. The van der Waals surface area contributed by atoms with E-state index in [0.29, 0.717) is 48.0 Å². The number of carboxylic acids is 1. The molecule has 1 N–H and O–H groups in total. The van der Waals surface area contributed by atoms with Gasteiger partial charge in [0.15, 0.2) is 0 Å². The molecule has 0 radical (unpaired) electrons. The third-order valence-electron chi connectivity index (χ3n) is 5.74. The highest BCUT2D eigenvalue weighted by molar-refractivity contribution is 6.32. The Kier molecular flexibility index (Phi) is 5.88. The number of hydrogen-bond donors (Lipinski definition) is 1. The Hall–Kier alpha value is -2.70. The number of aliphatic imine (C=N–C) groups is 1. The number of ether oxygens (including phenoxy) is 1. The van der Waals surface area contributed by atoms with Gasteiger partial charge in [-0.15, -0.1) is 0 Å². The summed E-state index contributed by atoms with van der Waals surface area (Å²) in [6.07, 6.45) is 1.41. The Balaban J connectivity index is 1.94. The van der Waals surface area contributed by atoms with E-state index in [0.717, 1.165) is 5.56 Å². The minimum Gasteiger partial charge on any atom is -0.480 e. The second kappa shape index (κ2) is 8.58. The first-order valence-corrected chi connectivity index (χ1v) is 10.4. The number of fused-ring (bicyclic) bond motifs is 1. The van der Waals surface area contributed by atoms with E-state index in [2.05, 4.69) is 0 Å². The molecule has 1 saturated heterocycles. The van der Waals surface area contributed by atoms with Gasteiger partial charge in [-0.1, -0.05) is 41.9 Å². The van der Waals surface area contributed by atoms with E-state index in [1.165, 1.54) is 11.8 Å². The molecule has 2 atom stereocenters. The van der Waals surface area contributed by atoms with E-state index in [4.69, 9.17) is 21.3 Å². The molecule has 0 spiro atoms. The molecule has 6 nitrogen and oxygen atoms in total. The van der Waals surface area contributed by atoms with Crippen molar-refractivity contribution in [2.75, 3.05) is 18.1 Å². The van der Waals surface area contributed by atoms with E-state index in [1.54, 1.807) is 18.2 Å². The lowest BCUT2D eigenvalue weighted by molar-refractivity contribution is -0.140. The Labute approximate surface area is 180 Å². The number of rotatable bonds is 4. The van der Waals surface area contributed by atoms with E-state index in [-0.39, 0.29) is 11.8 Å². The van der Waals surface area contributed by atoms with Crippen LogP contribution in [0, 0.1) is 5.92 Å². The van der Waals surface area contributed by atoms with Gasteiger partial charge in [-0.2, -0.15) is 0 Å². The largest absolute Gasteiger partial charge is 0.480 e. The van der Waals surface area contributed by atoms with Gasteiger partial charge in [-0.3, -0.25) is 14.7 Å². The molecule has 1 fully saturated rings. The molecule has 2 heterocycles. The van der Waals surface area contributed by atoms with Crippen LogP contribution in [0.5, 0.6) is 0 Å². The lowest BCUT2D eigenvalue weighted by Crippen LogP contribution is -2.49. The third-order valence-corrected chi connectivity index (χ3v) is 5.97. The number of benzodiazepines with no additional fused rings is 1. The second-order valence-corrected chi connectivity index (χ2v) is 8.06. The highest BCUT2D eigenvalue weighted by Gasteiger charge is 2.40. The smallest absolute Gasteiger partial charge is 0.326 e. The highest BCUT2D eigenvalue weighted by atomic mass is 35.5. The number of benzene rings is 2. The van der Waals surface area contributed by atoms with E-state index >= 15 is 0 Å². The minimum atomic E-state index is -1.07. The molecule has 0 bridgehead atoms. The van der Waals surface area contributed by atoms with Crippen LogP contribution < -0.4 is 4.90 Å². The molecule has 0 aliphatic carbocycles. The molecule has 4 rings (SSSR count). The molecular weight excluding hydrogens is 404 g/mol. The van der Waals surface area contributed by atoms with Crippen molar-refractivity contribution in [3.05, 3.63) is 64.7 Å². The molecular formula is C23H23ClN2O4. The van der Waals surface area contributed by atoms with Gasteiger partial charge in [-0.05, 0) is 43.9 Å². The average Bonchev–Trinajstić information content (AvgIpc) is 2.88. The van der Waals surface area contributed by atoms with Crippen LogP contribution in [0.2, 0.25) is 5.02 Å². The number of amides is 1. The van der Waals surface area contributed by atoms with Crippen molar-refractivity contribution in [3.63, 3.8) is 0 Å². The number of carbonyl (C=O) groups excluding carboxylic acids is 1. The zero-order valence-electron chi connectivity index (χ0n) is 16.6. The first kappa shape index (κ1) is 20.6. The summed E-state index contributed by atoms with van der Waals surface area (Å²) >= 11 is 6.30. The SMILES string of the molecule is CC(C(=O)O)N1C(=O)C(C2CCOCC2)N=C(c2ccccc2)c2cc(Cl)ccc21. The number of carbonyl (C=O) groups is 2. The summed E-state index contributed by atoms with van der Waals surface area (Å²) < 4.78 is 5.47. The van der Waals surface area contributed by atoms with E-state index in [9.17, 15) is 14.7 Å². The molecule has 0 saturated carbocycles. The van der Waals surface area contributed by atoms with Crippen LogP contribution in [-0.2, 0) is 14.3 Å². The fourth-order valence-corrected chi connectivity index (χ4v) is 4.28. The summed E-state index contributed by atoms with van der Waals surface area (Å²) in [7, 11) is 0. The van der Waals surface area contributed by atoms with Gasteiger partial charge in [0.1, 0.15) is 12.1 Å². The Bertz CT molecular complexity index is 986. The zero-order valence-corrected chi connectivity index (χ0v) is 17.4. The van der Waals surface area contributed by atoms with Crippen LogP contribution >= 0.6 is 11.6 Å². The number of nitrogens with zero attached hydrogens (tertiary/aromatic N) is 2. The summed E-state index contributed by atoms with van der Waals surface area (Å²) in [5.74, 6) is -1.39. The van der Waals surface area contributed by atoms with Crippen molar-refractivity contribution in [2.24, 2.45) is 10.9 Å². The van der Waals surface area contributed by atoms with Gasteiger partial charge >= 0.3 is 5.97 Å². The summed E-state index contributed by atoms with van der Waals surface area (Å²) in [5.41, 5.74) is 2.68. The molecule has 156 valence electrons. The van der Waals surface area contributed by atoms with Gasteiger partial charge in [0.05, 0.1) is 11.4 Å². The number of anilines is 1. The van der Waals surface area contributed by atoms with Crippen LogP contribution in [0.4, 0.5) is 5.69 Å². The quantitative estimate of drug-likeness (QED) is 0.806. The van der Waals surface area contributed by atoms with Crippen LogP contribution in [0.3, 0.4) is 0 Å². The third kappa shape index (κ3) is 3.85. The maximum absolute atomic E-state index is 13.7. The molecule has 2 aromatic carbocycles. The first-order chi connectivity index (χ1) is 14.5. The van der Waals surface area contributed by atoms with Gasteiger partial charge in [-0.25, -0.2) is 4.79 Å². The Morgan fingerprint density at radius 3 is 2.57 bits per heavy atom. The molecule has 2 aromatic rings. The standard InChI is InChI=1S/C23H23ClN2O4/c1-14(23(28)29)26-19-8-7-17(24)13-18(19)20(15-5-3-2-4-6-15)25-21(22(26)27)16-9-11-30-12-10-16/h2-8,13-14,16,21H,9-12H2,1H3,(H,28,29). The lowest BCUT2D eigenvalue weighted by atomic mass is 9.90. The van der Waals surface area contributed by atoms with Crippen molar-refractivity contribution < 1.29 is 19.4 Å². The zero-order chi connectivity index (χ0) is 21.3. The van der Waals surface area contributed by atoms with Crippen molar-refractivity contribution >= 4 is 34.9 Å². The Morgan fingerprint density at radius 2 is 1.90 bits per heavy atom. The normalized spacial score (nSPS) is 20.9. The fourth-order valence-electron chi connectivity index (χ4n) is 4.11. The number of hydrogen-bond acceptors (Lipinski definition) is 4. The van der Waals surface area contributed by atoms with Gasteiger partial charge in [0.2, 0.25) is 0 Å². The van der Waals surface area contributed by atoms with E-state index in [1.807, 2.05) is 30.3 Å². The fraction of sp³-hybridized carbons (Fsp3) is 0.348. The van der Waals surface area contributed by atoms with Crippen molar-refractivity contribution in [3.8, 4) is 0 Å². The second-order valence-electron chi connectivity index (χ2n) is 7.62. The number of carboxylic acid groups (broad SMARTS) is 1. The predicted molar refractivity (Wildman–Crippen MR) is 115 cm³/mol. The van der Waals surface area contributed by atoms with Crippen LogP contribution in [-0.4, -0.2) is 48.0 Å². The minimum absolute atomic E-state index is 0.0155. The number of aliphatic carboxylic acids is 1. The maximum atomic E-state index is 13.7. The van der Waals surface area contributed by atoms with Crippen LogP contribution in [0.15, 0.2) is 53.5 Å². The maximum Gasteiger partial charge on any atom is 0.326 e. The summed E-state index contributed by atoms with van der Waals surface area (Å²) in [5, 5.41) is 10.2. The van der Waals surface area contributed by atoms with Crippen molar-refractivity contribution in [2.45, 2.75) is 31.8 Å². The molecule has 30 heavy (non-hydrogen) atoms. The Morgan fingerprint density at radius 1 is 1.20 bits per heavy atom. The first-order valence-electron chi connectivity index (χ1n) is 10.0. The van der Waals surface area contributed by atoms with Crippen molar-refractivity contribution in [1.82, 2.24) is 0 Å². The molecule has 2 aliphatic rings. The monoisotopic (exact) mass is 426 g/mol. The highest BCUT2D eigenvalue weighted by Crippen LogP contribution is 2.35. The summed E-state index contributed by atoms with van der Waals surface area (Å²) in [6, 6.07) is 13.0. The van der Waals surface area contributed by atoms with Crippen molar-refractivity contribution in [1.29, 1.82) is 0 Å².